The summed E-state index contributed by atoms with van der Waals surface area (Å²) in [5.41, 5.74) is 12.1. The van der Waals surface area contributed by atoms with Crippen LogP contribution in [0.15, 0.2) is 175 Å². The van der Waals surface area contributed by atoms with Crippen LogP contribution in [0.5, 0.6) is 0 Å². The number of hydrogen-bond donors (Lipinski definition) is 1. The highest BCUT2D eigenvalue weighted by Crippen LogP contribution is 2.52. The predicted molar refractivity (Wildman–Crippen MR) is 311 cm³/mol. The van der Waals surface area contributed by atoms with Gasteiger partial charge in [0.1, 0.15) is 6.54 Å². The first kappa shape index (κ1) is 50.6. The maximum absolute atomic E-state index is 13.3. The Morgan fingerprint density at radius 3 is 2.23 bits per heavy atom. The molecule has 1 aromatic heterocycles. The maximum atomic E-state index is 13.3. The molecule has 0 fully saturated rings. The summed E-state index contributed by atoms with van der Waals surface area (Å²) in [6.45, 7) is 16.1. The molecule has 1 aliphatic carbocycles. The summed E-state index contributed by atoms with van der Waals surface area (Å²) < 4.78 is 6.57. The molecule has 3 aliphatic rings. The van der Waals surface area contributed by atoms with E-state index in [1.54, 1.807) is 16.4 Å². The second kappa shape index (κ2) is 21.5. The van der Waals surface area contributed by atoms with Crippen molar-refractivity contribution in [2.24, 2.45) is 0 Å². The number of amides is 1. The molecule has 0 bridgehead atoms. The number of benzene rings is 6. The van der Waals surface area contributed by atoms with Crippen LogP contribution in [0.4, 0.5) is 17.1 Å². The minimum absolute atomic E-state index is 0.174. The number of thioether (sulfide) groups is 1. The summed E-state index contributed by atoms with van der Waals surface area (Å²) in [4.78, 5) is 17.0. The number of rotatable bonds is 16. The van der Waals surface area contributed by atoms with Gasteiger partial charge in [-0.2, -0.15) is 9.26 Å². The van der Waals surface area contributed by atoms with Crippen molar-refractivity contribution in [3.8, 4) is 5.69 Å². The lowest BCUT2D eigenvalue weighted by atomic mass is 9.78. The lowest BCUT2D eigenvalue weighted by molar-refractivity contribution is -0.438. The van der Waals surface area contributed by atoms with Gasteiger partial charge in [0, 0.05) is 72.6 Å². The van der Waals surface area contributed by atoms with E-state index in [1.165, 1.54) is 97.2 Å². The fourth-order valence-corrected chi connectivity index (χ4v) is 13.2. The minimum atomic E-state index is -0.243. The standard InChI is InChI=1S/C62H63Br2N7OS/c1-7-9-14-36-69-52-32-24-44-38-46(63)28-30-50(44)56(52)61(3,4)54(69)34-26-41-20-16-21-42(27-35-55-62(5,6)57-51-31-29-47(64)39-45(51)25-33-53(57)70(55)37-15-10-8-2)58(41)73-60-66-67-68-71(60)49-23-17-22-48(40-49)65-59(72)43-18-12-11-13-19-43/h11-13,17-19,22-35,38-40H,7-10,14-16,20-21,36-37H2,1-6H3/p+1. The third kappa shape index (κ3) is 10.1. The molecular formula is C62H64Br2N7OS+. The Hall–Kier alpha value is -5.88. The SMILES string of the molecule is CCCCCN1/C(=C/C=C2\CCCC(/C=C/C3=[N+](CCCCC)c4ccc5cc(Br)ccc5c4C3(C)C)=C2Sc2nnnn2-c2cccc(NC(=O)c3ccccc3)c2)C(C)(C)c2c1ccc1cc(Br)ccc21. The quantitative estimate of drug-likeness (QED) is 0.0767. The zero-order chi connectivity index (χ0) is 50.9. The zero-order valence-corrected chi connectivity index (χ0v) is 46.8. The van der Waals surface area contributed by atoms with E-state index in [0.29, 0.717) is 16.4 Å². The number of anilines is 2. The van der Waals surface area contributed by atoms with E-state index in [9.17, 15) is 4.79 Å². The largest absolute Gasteiger partial charge is 0.344 e. The van der Waals surface area contributed by atoms with Crippen molar-refractivity contribution in [1.82, 2.24) is 20.2 Å². The predicted octanol–water partition coefficient (Wildman–Crippen LogP) is 16.9. The van der Waals surface area contributed by atoms with Crippen LogP contribution in [-0.4, -0.2) is 49.5 Å². The highest BCUT2D eigenvalue weighted by atomic mass is 79.9. The summed E-state index contributed by atoms with van der Waals surface area (Å²) in [5, 5.41) is 22.4. The summed E-state index contributed by atoms with van der Waals surface area (Å²) >= 11 is 9.11. The highest BCUT2D eigenvalue weighted by molar-refractivity contribution is 9.10. The average Bonchev–Trinajstić information content (AvgIpc) is 4.01. The van der Waals surface area contributed by atoms with E-state index in [2.05, 4.69) is 184 Å². The summed E-state index contributed by atoms with van der Waals surface area (Å²) in [5.74, 6) is -0.174. The topological polar surface area (TPSA) is 79.0 Å². The number of allylic oxidation sites excluding steroid dienone is 7. The van der Waals surface area contributed by atoms with E-state index >= 15 is 0 Å². The van der Waals surface area contributed by atoms with Gasteiger partial charge in [-0.3, -0.25) is 4.79 Å². The Balaban J connectivity index is 1.09. The number of tetrazole rings is 1. The molecule has 7 aromatic rings. The molecule has 3 heterocycles. The first-order valence-electron chi connectivity index (χ1n) is 26.0. The normalized spacial score (nSPS) is 17.2. The molecule has 11 heteroatoms. The van der Waals surface area contributed by atoms with Crippen LogP contribution in [0, 0.1) is 0 Å². The van der Waals surface area contributed by atoms with Gasteiger partial charge < -0.3 is 10.2 Å². The molecule has 1 amide bonds. The van der Waals surface area contributed by atoms with Gasteiger partial charge in [-0.05, 0) is 179 Å². The van der Waals surface area contributed by atoms with Gasteiger partial charge in [0.2, 0.25) is 10.8 Å². The second-order valence-corrected chi connectivity index (χ2v) is 23.4. The monoisotopic (exact) mass is 1110 g/mol. The number of nitrogens with one attached hydrogen (secondary N) is 1. The molecule has 0 saturated carbocycles. The van der Waals surface area contributed by atoms with Crippen molar-refractivity contribution in [3.63, 3.8) is 0 Å². The fourth-order valence-electron chi connectivity index (χ4n) is 11.4. The lowest BCUT2D eigenvalue weighted by Crippen LogP contribution is -2.28. The Morgan fingerprint density at radius 2 is 1.48 bits per heavy atom. The van der Waals surface area contributed by atoms with Crippen molar-refractivity contribution >= 4 is 93.8 Å². The van der Waals surface area contributed by atoms with E-state index in [1.807, 2.05) is 54.6 Å². The van der Waals surface area contributed by atoms with Gasteiger partial charge in [-0.15, -0.1) is 5.10 Å². The van der Waals surface area contributed by atoms with Crippen molar-refractivity contribution in [2.45, 2.75) is 115 Å². The third-order valence-electron chi connectivity index (χ3n) is 15.0. The minimum Gasteiger partial charge on any atom is -0.344 e. The van der Waals surface area contributed by atoms with Crippen molar-refractivity contribution in [2.75, 3.05) is 23.3 Å². The molecule has 0 spiro atoms. The van der Waals surface area contributed by atoms with Crippen LogP contribution in [0.3, 0.4) is 0 Å². The molecule has 0 atom stereocenters. The van der Waals surface area contributed by atoms with Crippen molar-refractivity contribution in [1.29, 1.82) is 0 Å². The summed E-state index contributed by atoms with van der Waals surface area (Å²) in [6.07, 6.45) is 19.5. The van der Waals surface area contributed by atoms with Crippen LogP contribution in [0.1, 0.15) is 121 Å². The van der Waals surface area contributed by atoms with E-state index in [-0.39, 0.29) is 16.7 Å². The number of aromatic nitrogens is 4. The van der Waals surface area contributed by atoms with E-state index in [0.717, 1.165) is 59.8 Å². The molecule has 372 valence electrons. The van der Waals surface area contributed by atoms with Gasteiger partial charge in [0.25, 0.3) is 5.91 Å². The van der Waals surface area contributed by atoms with Gasteiger partial charge in [-0.25, -0.2) is 0 Å². The van der Waals surface area contributed by atoms with Crippen molar-refractivity contribution in [3.05, 3.63) is 187 Å². The number of carbonyl (C=O) groups is 1. The molecule has 73 heavy (non-hydrogen) atoms. The lowest BCUT2D eigenvalue weighted by Gasteiger charge is -2.27. The molecule has 0 unspecified atom stereocenters. The van der Waals surface area contributed by atoms with Crippen molar-refractivity contribution < 1.29 is 9.37 Å². The highest BCUT2D eigenvalue weighted by Gasteiger charge is 2.46. The Bertz CT molecular complexity index is 3420. The van der Waals surface area contributed by atoms with Crippen LogP contribution in [0.2, 0.25) is 0 Å². The number of carbonyl (C=O) groups excluding carboxylic acids is 1. The average molecular weight is 1120 g/mol. The molecular weight excluding hydrogens is 1050 g/mol. The Labute approximate surface area is 451 Å². The molecule has 2 aliphatic heterocycles. The van der Waals surface area contributed by atoms with Gasteiger partial charge in [0.05, 0.1) is 11.1 Å². The molecule has 10 rings (SSSR count). The molecule has 8 nitrogen and oxygen atoms in total. The maximum Gasteiger partial charge on any atom is 0.255 e. The number of unbranched alkanes of at least 4 members (excludes halogenated alkanes) is 4. The van der Waals surface area contributed by atoms with Crippen LogP contribution >= 0.6 is 43.6 Å². The van der Waals surface area contributed by atoms with Gasteiger partial charge in [-0.1, -0.05) is 133 Å². The first-order valence-corrected chi connectivity index (χ1v) is 28.4. The smallest absolute Gasteiger partial charge is 0.255 e. The fraction of sp³-hybridized carbons (Fsp3) is 0.306. The molecule has 1 N–H and O–H groups in total. The Kier molecular flexibility index (Phi) is 14.9. The van der Waals surface area contributed by atoms with E-state index < -0.39 is 0 Å². The van der Waals surface area contributed by atoms with Gasteiger partial charge in [0.15, 0.2) is 5.71 Å². The van der Waals surface area contributed by atoms with Crippen LogP contribution in [-0.2, 0) is 10.8 Å². The van der Waals surface area contributed by atoms with Crippen LogP contribution < -0.4 is 10.2 Å². The molecule has 0 saturated heterocycles. The Morgan fingerprint density at radius 1 is 0.753 bits per heavy atom. The van der Waals surface area contributed by atoms with E-state index in [4.69, 9.17) is 5.10 Å². The second-order valence-electron chi connectivity index (χ2n) is 20.6. The molecule has 6 aromatic carbocycles. The third-order valence-corrected chi connectivity index (χ3v) is 17.1. The summed E-state index contributed by atoms with van der Waals surface area (Å²) in [6, 6.07) is 39.7. The number of fused-ring (bicyclic) bond motifs is 6. The van der Waals surface area contributed by atoms with Gasteiger partial charge >= 0.3 is 0 Å². The van der Waals surface area contributed by atoms with Crippen LogP contribution in [0.25, 0.3) is 27.2 Å². The number of nitrogens with zero attached hydrogens (tertiary/aromatic N) is 6. The number of hydrogen-bond acceptors (Lipinski definition) is 6. The zero-order valence-electron chi connectivity index (χ0n) is 42.8. The summed E-state index contributed by atoms with van der Waals surface area (Å²) in [7, 11) is 0. The first-order chi connectivity index (χ1) is 35.4. The number of halogens is 2. The molecule has 0 radical (unpaired) electrons.